The van der Waals surface area contributed by atoms with Crippen LogP contribution in [0.5, 0.6) is 0 Å². The highest BCUT2D eigenvalue weighted by atomic mass is 35.5. The predicted octanol–water partition coefficient (Wildman–Crippen LogP) is 4.74. The van der Waals surface area contributed by atoms with E-state index in [2.05, 4.69) is 0 Å². The Balaban J connectivity index is 1.67. The van der Waals surface area contributed by atoms with Gasteiger partial charge < -0.3 is 4.90 Å². The summed E-state index contributed by atoms with van der Waals surface area (Å²) < 4.78 is 0. The first-order valence-corrected chi connectivity index (χ1v) is 9.56. The summed E-state index contributed by atoms with van der Waals surface area (Å²) in [6.45, 7) is 0. The summed E-state index contributed by atoms with van der Waals surface area (Å²) in [6, 6.07) is 14.6. The van der Waals surface area contributed by atoms with E-state index in [1.165, 1.54) is 0 Å². The number of carbonyl (C=O) groups is 1. The molecule has 1 amide bonds. The molecule has 2 heterocycles. The number of benzene rings is 2. The van der Waals surface area contributed by atoms with Crippen LogP contribution in [0, 0.1) is 0 Å². The topological polar surface area (TPSA) is 23.6 Å². The molecule has 2 unspecified atom stereocenters. The molecule has 2 saturated heterocycles. The molecule has 2 aliphatic rings. The van der Waals surface area contributed by atoms with Crippen molar-refractivity contribution in [3.63, 3.8) is 0 Å². The minimum absolute atomic E-state index is 0.0197. The van der Waals surface area contributed by atoms with Gasteiger partial charge in [-0.1, -0.05) is 35.3 Å². The van der Waals surface area contributed by atoms with Gasteiger partial charge >= 0.3 is 0 Å². The molecule has 122 valence electrons. The normalized spacial score (nSPS) is 23.1. The molecular formula is C17H12Cl2N2OS2. The lowest BCUT2D eigenvalue weighted by Gasteiger charge is -2.25. The number of thiocarbonyl (C=S) groups is 1. The smallest absolute Gasteiger partial charge is 0.257 e. The molecule has 3 nitrogen and oxygen atoms in total. The molecule has 2 aromatic rings. The number of carbonyl (C=O) groups excluding carboxylic acids is 1. The Hall–Kier alpha value is -1.27. The summed E-state index contributed by atoms with van der Waals surface area (Å²) in [5.74, 6) is 0.738. The Labute approximate surface area is 159 Å². The number of rotatable bonds is 2. The minimum atomic E-state index is -0.223. The van der Waals surface area contributed by atoms with Gasteiger partial charge in [0.1, 0.15) is 11.4 Å². The second kappa shape index (κ2) is 6.23. The number of nitrogens with zero attached hydrogens (tertiary/aromatic N) is 2. The summed E-state index contributed by atoms with van der Waals surface area (Å²) in [7, 11) is 0. The Bertz CT molecular complexity index is 810. The quantitative estimate of drug-likeness (QED) is 0.686. The third kappa shape index (κ3) is 2.60. The van der Waals surface area contributed by atoms with Crippen LogP contribution in [0.4, 0.5) is 5.69 Å². The lowest BCUT2D eigenvalue weighted by atomic mass is 10.2. The maximum absolute atomic E-state index is 12.8. The molecule has 2 aliphatic heterocycles. The van der Waals surface area contributed by atoms with Gasteiger partial charge in [0.2, 0.25) is 0 Å². The van der Waals surface area contributed by atoms with Crippen molar-refractivity contribution < 1.29 is 4.79 Å². The van der Waals surface area contributed by atoms with Crippen LogP contribution in [0.25, 0.3) is 0 Å². The number of halogens is 2. The summed E-state index contributed by atoms with van der Waals surface area (Å²) in [4.78, 5) is 16.5. The lowest BCUT2D eigenvalue weighted by Crippen LogP contribution is -2.33. The van der Waals surface area contributed by atoms with Crippen LogP contribution in [0.3, 0.4) is 0 Å². The fourth-order valence-corrected chi connectivity index (χ4v) is 5.17. The van der Waals surface area contributed by atoms with Crippen LogP contribution in [-0.4, -0.2) is 27.7 Å². The zero-order chi connectivity index (χ0) is 16.8. The average Bonchev–Trinajstić information content (AvgIpc) is 3.11. The molecule has 0 radical (unpaired) electrons. The van der Waals surface area contributed by atoms with Crippen LogP contribution in [0.15, 0.2) is 48.5 Å². The van der Waals surface area contributed by atoms with Gasteiger partial charge in [-0.05, 0) is 54.2 Å². The van der Waals surface area contributed by atoms with Crippen molar-refractivity contribution in [3.05, 3.63) is 64.1 Å². The van der Waals surface area contributed by atoms with Crippen molar-refractivity contribution >= 4 is 63.9 Å². The Morgan fingerprint density at radius 3 is 2.21 bits per heavy atom. The van der Waals surface area contributed by atoms with Gasteiger partial charge in [0, 0.05) is 15.8 Å². The number of hydrogen-bond acceptors (Lipinski definition) is 3. The van der Waals surface area contributed by atoms with Gasteiger partial charge in [0.15, 0.2) is 5.11 Å². The Kier molecular flexibility index (Phi) is 4.21. The summed E-state index contributed by atoms with van der Waals surface area (Å²) in [6.07, 6.45) is 0. The van der Waals surface area contributed by atoms with E-state index in [1.54, 1.807) is 28.8 Å². The van der Waals surface area contributed by atoms with Crippen LogP contribution < -0.4 is 4.90 Å². The Morgan fingerprint density at radius 2 is 1.58 bits per heavy atom. The molecule has 24 heavy (non-hydrogen) atoms. The van der Waals surface area contributed by atoms with E-state index < -0.39 is 0 Å². The molecule has 0 aliphatic carbocycles. The predicted molar refractivity (Wildman–Crippen MR) is 104 cm³/mol. The van der Waals surface area contributed by atoms with Crippen LogP contribution in [0.1, 0.15) is 10.9 Å². The number of anilines is 1. The van der Waals surface area contributed by atoms with E-state index in [0.717, 1.165) is 17.0 Å². The van der Waals surface area contributed by atoms with Crippen molar-refractivity contribution in [1.29, 1.82) is 0 Å². The van der Waals surface area contributed by atoms with Crippen molar-refractivity contribution in [2.75, 3.05) is 10.7 Å². The van der Waals surface area contributed by atoms with Crippen LogP contribution >= 0.6 is 47.2 Å². The number of thioether (sulfide) groups is 1. The molecule has 4 rings (SSSR count). The van der Waals surface area contributed by atoms with Gasteiger partial charge in [-0.25, -0.2) is 0 Å². The lowest BCUT2D eigenvalue weighted by molar-refractivity contribution is -0.119. The first-order chi connectivity index (χ1) is 11.6. The summed E-state index contributed by atoms with van der Waals surface area (Å²) in [5, 5.41) is 1.89. The zero-order valence-electron chi connectivity index (χ0n) is 12.4. The third-order valence-corrected chi connectivity index (χ3v) is 6.38. The molecule has 2 fully saturated rings. The van der Waals surface area contributed by atoms with Crippen LogP contribution in [-0.2, 0) is 4.79 Å². The van der Waals surface area contributed by atoms with Gasteiger partial charge in [-0.15, -0.1) is 11.8 Å². The van der Waals surface area contributed by atoms with Gasteiger partial charge in [-0.2, -0.15) is 0 Å². The van der Waals surface area contributed by atoms with E-state index >= 15 is 0 Å². The molecule has 0 bridgehead atoms. The molecule has 2 atom stereocenters. The van der Waals surface area contributed by atoms with E-state index in [9.17, 15) is 4.79 Å². The fourth-order valence-electron chi connectivity index (χ4n) is 3.00. The summed E-state index contributed by atoms with van der Waals surface area (Å²) >= 11 is 19.3. The monoisotopic (exact) mass is 394 g/mol. The minimum Gasteiger partial charge on any atom is -0.319 e. The molecule has 0 spiro atoms. The Morgan fingerprint density at radius 1 is 1.00 bits per heavy atom. The van der Waals surface area contributed by atoms with E-state index in [0.29, 0.717) is 15.2 Å². The van der Waals surface area contributed by atoms with E-state index in [1.807, 2.05) is 41.3 Å². The molecule has 0 N–H and O–H groups in total. The van der Waals surface area contributed by atoms with Gasteiger partial charge in [0.05, 0.1) is 5.69 Å². The third-order valence-electron chi connectivity index (χ3n) is 4.16. The highest BCUT2D eigenvalue weighted by Gasteiger charge is 2.50. The molecule has 7 heteroatoms. The van der Waals surface area contributed by atoms with Gasteiger partial charge in [0.25, 0.3) is 5.91 Å². The zero-order valence-corrected chi connectivity index (χ0v) is 15.5. The first kappa shape index (κ1) is 16.2. The first-order valence-electron chi connectivity index (χ1n) is 7.35. The highest BCUT2D eigenvalue weighted by molar-refractivity contribution is 7.99. The molecular weight excluding hydrogens is 383 g/mol. The maximum atomic E-state index is 12.8. The molecule has 0 aromatic heterocycles. The van der Waals surface area contributed by atoms with Crippen LogP contribution in [0.2, 0.25) is 10.0 Å². The van der Waals surface area contributed by atoms with Crippen molar-refractivity contribution in [2.45, 2.75) is 11.4 Å². The number of hydrogen-bond donors (Lipinski definition) is 0. The molecule has 2 aromatic carbocycles. The highest BCUT2D eigenvalue weighted by Crippen LogP contribution is 2.46. The number of fused-ring (bicyclic) bond motifs is 1. The summed E-state index contributed by atoms with van der Waals surface area (Å²) in [5.41, 5.74) is 1.85. The second-order valence-electron chi connectivity index (χ2n) is 5.59. The largest absolute Gasteiger partial charge is 0.319 e. The fraction of sp³-hybridized carbons (Fsp3) is 0.176. The van der Waals surface area contributed by atoms with E-state index in [-0.39, 0.29) is 17.3 Å². The van der Waals surface area contributed by atoms with Crippen molar-refractivity contribution in [2.24, 2.45) is 0 Å². The molecule has 0 saturated carbocycles. The van der Waals surface area contributed by atoms with E-state index in [4.69, 9.17) is 35.4 Å². The maximum Gasteiger partial charge on any atom is 0.257 e. The second-order valence-corrected chi connectivity index (χ2v) is 7.94. The standard InChI is InChI=1S/C17H12Cl2N2OS2/c18-11-3-1-10(2-4-11)16-21-14(9-24-16)15(22)20(17(21)23)13-7-5-12(19)6-8-13/h1-8,14,16H,9H2. The average molecular weight is 395 g/mol. The van der Waals surface area contributed by atoms with Crippen molar-refractivity contribution in [3.8, 4) is 0 Å². The number of amides is 1. The SMILES string of the molecule is O=C1C2CSC(c3ccc(Cl)cc3)N2C(=S)N1c1ccc(Cl)cc1. The van der Waals surface area contributed by atoms with Crippen molar-refractivity contribution in [1.82, 2.24) is 4.90 Å². The van der Waals surface area contributed by atoms with Gasteiger partial charge in [-0.3, -0.25) is 9.69 Å².